The second-order valence-electron chi connectivity index (χ2n) is 2.75. The van der Waals surface area contributed by atoms with Crippen molar-refractivity contribution in [2.45, 2.75) is 0 Å². The summed E-state index contributed by atoms with van der Waals surface area (Å²) in [5.74, 6) is 0.991. The minimum atomic E-state index is -6.00. The maximum atomic E-state index is 8.62. The van der Waals surface area contributed by atoms with Gasteiger partial charge in [0.15, 0.2) is 0 Å². The molecule has 0 bridgehead atoms. The quantitative estimate of drug-likeness (QED) is 0.420. The summed E-state index contributed by atoms with van der Waals surface area (Å²) in [6.45, 7) is 0.705. The van der Waals surface area contributed by atoms with Gasteiger partial charge in [0.2, 0.25) is 0 Å². The third-order valence-electron chi connectivity index (χ3n) is 1.55. The van der Waals surface area contributed by atoms with Gasteiger partial charge >= 0.3 is 54.0 Å². The molecule has 84 valence electrons. The molecule has 0 saturated carbocycles. The molecule has 2 rings (SSSR count). The largest absolute Gasteiger partial charge is 4.00 e. The van der Waals surface area contributed by atoms with Gasteiger partial charge in [0.05, 0.1) is 0 Å². The Morgan fingerprint density at radius 1 is 1.06 bits per heavy atom. The van der Waals surface area contributed by atoms with Crippen LogP contribution in [0.5, 0.6) is 5.75 Å². The molecular formula is C9H8O5TiW. The van der Waals surface area contributed by atoms with Crippen LogP contribution in [0.25, 0.3) is 6.08 Å². The Hall–Kier alpha value is 0.00260. The molecule has 0 aromatic heterocycles. The number of rotatable bonds is 0. The molecule has 1 aliphatic rings. The molecule has 0 N–H and O–H groups in total. The SMILES string of the molecule is C1=Cc2ccccc2OC1.[O-][Ti]([O-])([O-])[O-].[W+4]. The number of hydrogen-bond donors (Lipinski definition) is 0. The van der Waals surface area contributed by atoms with Crippen LogP contribution in [0, 0.1) is 0 Å². The molecule has 1 heterocycles. The number of benzene rings is 1. The molecule has 5 nitrogen and oxygen atoms in total. The summed E-state index contributed by atoms with van der Waals surface area (Å²) in [4.78, 5) is 0. The monoisotopic (exact) mass is 428 g/mol. The number of ether oxygens (including phenoxy) is 1. The number of fused-ring (bicyclic) bond motifs is 1. The van der Waals surface area contributed by atoms with E-state index in [0.29, 0.717) is 6.61 Å². The van der Waals surface area contributed by atoms with Crippen molar-refractivity contribution in [1.29, 1.82) is 0 Å². The van der Waals surface area contributed by atoms with Gasteiger partial charge in [0, 0.05) is 5.56 Å². The third-order valence-corrected chi connectivity index (χ3v) is 1.55. The Balaban J connectivity index is 0.000000330. The van der Waals surface area contributed by atoms with Crippen LogP contribution in [-0.2, 0) is 39.2 Å². The van der Waals surface area contributed by atoms with Crippen molar-refractivity contribution >= 4 is 6.08 Å². The number of hydrogen-bond acceptors (Lipinski definition) is 5. The first-order valence-electron chi connectivity index (χ1n) is 4.17. The van der Waals surface area contributed by atoms with Gasteiger partial charge in [-0.3, -0.25) is 0 Å². The zero-order valence-electron chi connectivity index (χ0n) is 8.12. The van der Waals surface area contributed by atoms with Crippen LogP contribution in [0.2, 0.25) is 0 Å². The first kappa shape index (κ1) is 16.0. The van der Waals surface area contributed by atoms with E-state index in [1.165, 1.54) is 5.56 Å². The minimum absolute atomic E-state index is 0. The Labute approximate surface area is 113 Å². The fourth-order valence-corrected chi connectivity index (χ4v) is 1.06. The van der Waals surface area contributed by atoms with Gasteiger partial charge in [-0.05, 0) is 12.1 Å². The van der Waals surface area contributed by atoms with Crippen LogP contribution < -0.4 is 19.5 Å². The van der Waals surface area contributed by atoms with Crippen molar-refractivity contribution in [3.05, 3.63) is 35.9 Å². The van der Waals surface area contributed by atoms with Crippen molar-refractivity contribution < 1.29 is 58.7 Å². The van der Waals surface area contributed by atoms with Crippen LogP contribution in [0.3, 0.4) is 0 Å². The standard InChI is InChI=1S/C9H8O.4O.Ti.W/c1-2-6-9-8(4-1)5-3-7-10-9;;;;;;/h1-6H,7H2;;;;;;/q;4*-1;;+4. The van der Waals surface area contributed by atoms with Crippen molar-refractivity contribution in [1.82, 2.24) is 0 Å². The van der Waals surface area contributed by atoms with E-state index in [0.717, 1.165) is 5.75 Å². The first-order chi connectivity index (χ1) is 6.97. The van der Waals surface area contributed by atoms with E-state index in [9.17, 15) is 0 Å². The first-order valence-corrected chi connectivity index (χ1v) is 6.72. The fourth-order valence-electron chi connectivity index (χ4n) is 1.06. The Morgan fingerprint density at radius 3 is 2.19 bits per heavy atom. The van der Waals surface area contributed by atoms with E-state index < -0.39 is 18.1 Å². The van der Waals surface area contributed by atoms with Gasteiger partial charge < -0.3 is 4.74 Å². The molecule has 0 spiro atoms. The van der Waals surface area contributed by atoms with Gasteiger partial charge in [-0.15, -0.1) is 0 Å². The van der Waals surface area contributed by atoms with Gasteiger partial charge in [0.25, 0.3) is 0 Å². The number of para-hydroxylation sites is 1. The molecule has 0 atom stereocenters. The third kappa shape index (κ3) is 7.30. The molecule has 0 unspecified atom stereocenters. The molecule has 0 aliphatic carbocycles. The van der Waals surface area contributed by atoms with Crippen molar-refractivity contribution in [3.8, 4) is 5.75 Å². The van der Waals surface area contributed by atoms with Crippen molar-refractivity contribution in [2.75, 3.05) is 6.61 Å². The summed E-state index contributed by atoms with van der Waals surface area (Å²) in [5, 5.41) is 0. The van der Waals surface area contributed by atoms with Gasteiger partial charge in [0.1, 0.15) is 12.4 Å². The summed E-state index contributed by atoms with van der Waals surface area (Å²) < 4.78 is 39.8. The summed E-state index contributed by atoms with van der Waals surface area (Å²) in [5.41, 5.74) is 1.17. The van der Waals surface area contributed by atoms with Gasteiger partial charge in [-0.1, -0.05) is 24.3 Å². The van der Waals surface area contributed by atoms with E-state index in [2.05, 4.69) is 6.08 Å². The molecule has 1 aromatic carbocycles. The van der Waals surface area contributed by atoms with E-state index in [1.54, 1.807) is 0 Å². The zero-order chi connectivity index (χ0) is 11.3. The predicted octanol–water partition coefficient (Wildman–Crippen LogP) is -2.67. The van der Waals surface area contributed by atoms with E-state index in [-0.39, 0.29) is 21.1 Å². The smallest absolute Gasteiger partial charge is 4.00 e. The summed E-state index contributed by atoms with van der Waals surface area (Å²) in [7, 11) is 0. The summed E-state index contributed by atoms with van der Waals surface area (Å²) in [6, 6.07) is 8.03. The average molecular weight is 428 g/mol. The zero-order valence-corrected chi connectivity index (χ0v) is 12.6. The molecule has 0 amide bonds. The summed E-state index contributed by atoms with van der Waals surface area (Å²) in [6.07, 6.45) is 4.10. The maximum Gasteiger partial charge on any atom is 4.00 e. The Bertz CT molecular complexity index is 344. The average Bonchev–Trinajstić information content (AvgIpc) is 2.16. The maximum absolute atomic E-state index is 8.62. The van der Waals surface area contributed by atoms with Crippen molar-refractivity contribution in [2.24, 2.45) is 0 Å². The second-order valence-corrected chi connectivity index (χ2v) is 4.31. The van der Waals surface area contributed by atoms with Crippen LogP contribution >= 0.6 is 0 Å². The normalized spacial score (nSPS) is 12.5. The summed E-state index contributed by atoms with van der Waals surface area (Å²) >= 11 is -6.00. The molecule has 16 heavy (non-hydrogen) atoms. The molecule has 7 heteroatoms. The fraction of sp³-hybridized carbons (Fsp3) is 0.111. The molecule has 0 radical (unpaired) electrons. The molecule has 0 saturated heterocycles. The van der Waals surface area contributed by atoms with Gasteiger partial charge in [-0.2, -0.15) is 0 Å². The van der Waals surface area contributed by atoms with E-state index >= 15 is 0 Å². The topological polar surface area (TPSA) is 101 Å². The molecule has 1 aliphatic heterocycles. The predicted molar refractivity (Wildman–Crippen MR) is 41.0 cm³/mol. The van der Waals surface area contributed by atoms with Crippen LogP contribution in [0.4, 0.5) is 0 Å². The Morgan fingerprint density at radius 2 is 1.62 bits per heavy atom. The van der Waals surface area contributed by atoms with Gasteiger partial charge in [-0.25, -0.2) is 0 Å². The molecule has 1 aromatic rings. The van der Waals surface area contributed by atoms with Crippen LogP contribution in [-0.4, -0.2) is 6.61 Å². The molecular weight excluding hydrogens is 420 g/mol. The second kappa shape index (κ2) is 7.35. The van der Waals surface area contributed by atoms with E-state index in [4.69, 9.17) is 19.5 Å². The van der Waals surface area contributed by atoms with Crippen LogP contribution in [0.15, 0.2) is 30.3 Å². The van der Waals surface area contributed by atoms with Crippen LogP contribution in [0.1, 0.15) is 5.56 Å². The molecule has 0 fully saturated rings. The van der Waals surface area contributed by atoms with Crippen molar-refractivity contribution in [3.63, 3.8) is 0 Å². The van der Waals surface area contributed by atoms with E-state index in [1.807, 2.05) is 30.3 Å². The Kier molecular flexibility index (Phi) is 7.35. The minimum Gasteiger partial charge on any atom is 4.00 e.